The fraction of sp³-hybridized carbons (Fsp3) is 0.250. The van der Waals surface area contributed by atoms with Crippen LogP contribution in [0.15, 0.2) is 41.8 Å². The first-order chi connectivity index (χ1) is 14.1. The molecule has 0 fully saturated rings. The highest BCUT2D eigenvalue weighted by Crippen LogP contribution is 2.29. The topological polar surface area (TPSA) is 83.6 Å². The van der Waals surface area contributed by atoms with E-state index in [-0.39, 0.29) is 11.8 Å². The highest BCUT2D eigenvalue weighted by Gasteiger charge is 2.23. The second kappa shape index (κ2) is 8.73. The van der Waals surface area contributed by atoms with Gasteiger partial charge in [-0.2, -0.15) is 0 Å². The van der Waals surface area contributed by atoms with Crippen LogP contribution < -0.4 is 15.4 Å². The molecule has 0 bridgehead atoms. The van der Waals surface area contributed by atoms with Crippen LogP contribution in [0.3, 0.4) is 0 Å². The van der Waals surface area contributed by atoms with Crippen molar-refractivity contribution in [3.63, 3.8) is 0 Å². The van der Waals surface area contributed by atoms with Crippen LogP contribution >= 0.6 is 22.7 Å². The molecule has 0 saturated carbocycles. The van der Waals surface area contributed by atoms with E-state index in [1.165, 1.54) is 22.7 Å². The largest absolute Gasteiger partial charge is 0.497 e. The van der Waals surface area contributed by atoms with Crippen molar-refractivity contribution in [2.45, 2.75) is 13.0 Å². The monoisotopic (exact) mass is 428 g/mol. The van der Waals surface area contributed by atoms with E-state index in [1.807, 2.05) is 29.6 Å². The van der Waals surface area contributed by atoms with Crippen LogP contribution in [0, 0.1) is 0 Å². The molecule has 2 N–H and O–H groups in total. The van der Waals surface area contributed by atoms with Gasteiger partial charge in [-0.05, 0) is 23.6 Å². The number of nitrogens with one attached hydrogen (secondary N) is 2. The molecule has 1 aromatic carbocycles. The average Bonchev–Trinajstić information content (AvgIpc) is 3.37. The molecule has 7 nitrogen and oxygen atoms in total. The number of amides is 2. The zero-order valence-corrected chi connectivity index (χ0v) is 17.4. The molecule has 3 heterocycles. The maximum Gasteiger partial charge on any atom is 0.267 e. The number of hydrogen-bond acceptors (Lipinski definition) is 7. The van der Waals surface area contributed by atoms with Crippen molar-refractivity contribution in [2.24, 2.45) is 0 Å². The Bertz CT molecular complexity index is 1020. The fourth-order valence-electron chi connectivity index (χ4n) is 3.11. The van der Waals surface area contributed by atoms with Crippen molar-refractivity contribution in [2.75, 3.05) is 30.8 Å². The third kappa shape index (κ3) is 4.81. The standard InChI is InChI=1S/C20H20N4O3S2/c1-27-14-5-2-4-13(10-14)21-18(25)12-24-8-7-15-17(11-24)29-20(22-15)23-19(26)16-6-3-9-28-16/h2-6,9-10H,7-8,11-12H2,1H3,(H,21,25)(H,22,23,26). The van der Waals surface area contributed by atoms with Gasteiger partial charge in [0.1, 0.15) is 5.75 Å². The van der Waals surface area contributed by atoms with E-state index in [1.54, 1.807) is 19.2 Å². The van der Waals surface area contributed by atoms with Gasteiger partial charge in [0.25, 0.3) is 5.91 Å². The van der Waals surface area contributed by atoms with Crippen LogP contribution in [0.25, 0.3) is 0 Å². The second-order valence-electron chi connectivity index (χ2n) is 6.56. The summed E-state index contributed by atoms with van der Waals surface area (Å²) in [5.74, 6) is 0.491. The van der Waals surface area contributed by atoms with Gasteiger partial charge in [0.2, 0.25) is 5.91 Å². The number of carbonyl (C=O) groups excluding carboxylic acids is 2. The first kappa shape index (κ1) is 19.6. The first-order valence-electron chi connectivity index (χ1n) is 9.10. The second-order valence-corrected chi connectivity index (χ2v) is 8.59. The number of ether oxygens (including phenoxy) is 1. The number of methoxy groups -OCH3 is 1. The van der Waals surface area contributed by atoms with Crippen LogP contribution in [-0.2, 0) is 17.8 Å². The maximum atomic E-state index is 12.4. The van der Waals surface area contributed by atoms with Crippen molar-refractivity contribution in [1.82, 2.24) is 9.88 Å². The summed E-state index contributed by atoms with van der Waals surface area (Å²) in [6.45, 7) is 1.69. The molecule has 0 radical (unpaired) electrons. The van der Waals surface area contributed by atoms with Crippen LogP contribution in [0.2, 0.25) is 0 Å². The molecule has 2 aromatic heterocycles. The Balaban J connectivity index is 1.34. The van der Waals surface area contributed by atoms with Gasteiger partial charge in [0, 0.05) is 36.1 Å². The van der Waals surface area contributed by atoms with Gasteiger partial charge in [-0.15, -0.1) is 22.7 Å². The number of anilines is 2. The SMILES string of the molecule is COc1cccc(NC(=O)CN2CCc3nc(NC(=O)c4cccs4)sc3C2)c1. The van der Waals surface area contributed by atoms with E-state index in [0.717, 1.165) is 23.5 Å². The van der Waals surface area contributed by atoms with Crippen molar-refractivity contribution in [3.05, 3.63) is 57.2 Å². The number of hydrogen-bond donors (Lipinski definition) is 2. The molecular weight excluding hydrogens is 408 g/mol. The molecule has 0 atom stereocenters. The highest BCUT2D eigenvalue weighted by molar-refractivity contribution is 7.16. The van der Waals surface area contributed by atoms with E-state index in [2.05, 4.69) is 20.5 Å². The van der Waals surface area contributed by atoms with Crippen LogP contribution in [0.4, 0.5) is 10.8 Å². The zero-order chi connectivity index (χ0) is 20.2. The minimum Gasteiger partial charge on any atom is -0.497 e. The Morgan fingerprint density at radius 2 is 2.14 bits per heavy atom. The third-order valence-corrected chi connectivity index (χ3v) is 6.36. The Morgan fingerprint density at radius 1 is 1.24 bits per heavy atom. The lowest BCUT2D eigenvalue weighted by atomic mass is 10.2. The summed E-state index contributed by atoms with van der Waals surface area (Å²) in [5, 5.41) is 8.25. The van der Waals surface area contributed by atoms with Crippen molar-refractivity contribution >= 4 is 45.3 Å². The van der Waals surface area contributed by atoms with Gasteiger partial charge in [0.05, 0.1) is 24.2 Å². The van der Waals surface area contributed by atoms with Gasteiger partial charge in [0.15, 0.2) is 5.13 Å². The van der Waals surface area contributed by atoms with Gasteiger partial charge in [-0.3, -0.25) is 19.8 Å². The number of rotatable bonds is 6. The summed E-state index contributed by atoms with van der Waals surface area (Å²) >= 11 is 2.87. The Hall–Kier alpha value is -2.75. The van der Waals surface area contributed by atoms with Crippen LogP contribution in [0.1, 0.15) is 20.2 Å². The summed E-state index contributed by atoms with van der Waals surface area (Å²) in [6, 6.07) is 10.9. The Kier molecular flexibility index (Phi) is 5.89. The van der Waals surface area contributed by atoms with Crippen molar-refractivity contribution in [3.8, 4) is 5.75 Å². The molecule has 0 saturated heterocycles. The molecule has 2 amide bonds. The Labute approximate surface area is 176 Å². The maximum absolute atomic E-state index is 12.4. The molecule has 3 aromatic rings. The third-order valence-electron chi connectivity index (χ3n) is 4.50. The van der Waals surface area contributed by atoms with E-state index >= 15 is 0 Å². The van der Waals surface area contributed by atoms with E-state index in [9.17, 15) is 9.59 Å². The normalized spacial score (nSPS) is 13.6. The number of thiazole rings is 1. The van der Waals surface area contributed by atoms with Crippen molar-refractivity contribution in [1.29, 1.82) is 0 Å². The number of benzene rings is 1. The quantitative estimate of drug-likeness (QED) is 0.628. The minimum atomic E-state index is -0.138. The number of thiophene rings is 1. The lowest BCUT2D eigenvalue weighted by Gasteiger charge is -2.25. The predicted molar refractivity (Wildman–Crippen MR) is 115 cm³/mol. The van der Waals surface area contributed by atoms with Crippen molar-refractivity contribution < 1.29 is 14.3 Å². The molecule has 0 unspecified atom stereocenters. The zero-order valence-electron chi connectivity index (χ0n) is 15.8. The van der Waals surface area contributed by atoms with E-state index in [0.29, 0.717) is 34.5 Å². The summed E-state index contributed by atoms with van der Waals surface area (Å²) < 4.78 is 5.18. The molecule has 0 aliphatic carbocycles. The lowest BCUT2D eigenvalue weighted by Crippen LogP contribution is -2.36. The smallest absolute Gasteiger partial charge is 0.267 e. The van der Waals surface area contributed by atoms with Gasteiger partial charge < -0.3 is 10.1 Å². The Morgan fingerprint density at radius 3 is 2.93 bits per heavy atom. The van der Waals surface area contributed by atoms with Gasteiger partial charge in [-0.25, -0.2) is 4.98 Å². The molecular formula is C20H20N4O3S2. The van der Waals surface area contributed by atoms with E-state index in [4.69, 9.17) is 4.74 Å². The summed E-state index contributed by atoms with van der Waals surface area (Å²) in [5.41, 5.74) is 1.71. The van der Waals surface area contributed by atoms with Gasteiger partial charge in [-0.1, -0.05) is 12.1 Å². The number of carbonyl (C=O) groups is 2. The molecule has 9 heteroatoms. The van der Waals surface area contributed by atoms with Gasteiger partial charge >= 0.3 is 0 Å². The molecule has 1 aliphatic rings. The summed E-state index contributed by atoms with van der Waals surface area (Å²) in [4.78, 5) is 33.0. The lowest BCUT2D eigenvalue weighted by molar-refractivity contribution is -0.117. The summed E-state index contributed by atoms with van der Waals surface area (Å²) in [7, 11) is 1.60. The molecule has 150 valence electrons. The van der Waals surface area contributed by atoms with E-state index < -0.39 is 0 Å². The molecule has 4 rings (SSSR count). The predicted octanol–water partition coefficient (Wildman–Crippen LogP) is 3.46. The first-order valence-corrected chi connectivity index (χ1v) is 10.8. The molecule has 1 aliphatic heterocycles. The minimum absolute atomic E-state index is 0.0718. The number of nitrogens with zero attached hydrogens (tertiary/aromatic N) is 2. The number of aromatic nitrogens is 1. The van der Waals surface area contributed by atoms with Crippen LogP contribution in [-0.4, -0.2) is 41.9 Å². The fourth-order valence-corrected chi connectivity index (χ4v) is 4.77. The molecule has 0 spiro atoms. The average molecular weight is 429 g/mol. The molecule has 29 heavy (non-hydrogen) atoms. The highest BCUT2D eigenvalue weighted by atomic mass is 32.1. The summed E-state index contributed by atoms with van der Waals surface area (Å²) in [6.07, 6.45) is 0.757. The number of fused-ring (bicyclic) bond motifs is 1. The van der Waals surface area contributed by atoms with Crippen LogP contribution in [0.5, 0.6) is 5.75 Å².